The Bertz CT molecular complexity index is 552. The molecule has 0 radical (unpaired) electrons. The van der Waals surface area contributed by atoms with Crippen LogP contribution in [0.1, 0.15) is 30.8 Å². The summed E-state index contributed by atoms with van der Waals surface area (Å²) in [6.45, 7) is 4.44. The molecule has 0 saturated carbocycles. The van der Waals surface area contributed by atoms with Gasteiger partial charge in [-0.3, -0.25) is 5.32 Å². The van der Waals surface area contributed by atoms with E-state index in [9.17, 15) is 0 Å². The highest BCUT2D eigenvalue weighted by atomic mass is 16.5. The highest BCUT2D eigenvalue weighted by Gasteiger charge is 2.23. The molecule has 0 aliphatic carbocycles. The molecular formula is C14H18N4O. The molecule has 0 saturated heterocycles. The smallest absolute Gasteiger partial charge is 0.140 e. The summed E-state index contributed by atoms with van der Waals surface area (Å²) in [4.78, 5) is 4.30. The van der Waals surface area contributed by atoms with Gasteiger partial charge in [0.25, 0.3) is 0 Å². The van der Waals surface area contributed by atoms with Gasteiger partial charge in [-0.1, -0.05) is 25.1 Å². The van der Waals surface area contributed by atoms with Crippen LogP contribution in [-0.4, -0.2) is 21.4 Å². The Morgan fingerprint density at radius 3 is 3.21 bits per heavy atom. The minimum absolute atomic E-state index is 0.239. The third kappa shape index (κ3) is 2.46. The van der Waals surface area contributed by atoms with Crippen molar-refractivity contribution in [2.45, 2.75) is 32.5 Å². The minimum Gasteiger partial charge on any atom is -0.491 e. The maximum Gasteiger partial charge on any atom is 0.140 e. The summed E-state index contributed by atoms with van der Waals surface area (Å²) in [7, 11) is 0. The van der Waals surface area contributed by atoms with E-state index in [0.717, 1.165) is 24.5 Å². The molecule has 1 aliphatic heterocycles. The Morgan fingerprint density at radius 2 is 2.32 bits per heavy atom. The van der Waals surface area contributed by atoms with E-state index < -0.39 is 0 Å². The first-order valence-corrected chi connectivity index (χ1v) is 6.70. The molecule has 1 aromatic carbocycles. The van der Waals surface area contributed by atoms with Gasteiger partial charge in [-0.2, -0.15) is 5.10 Å². The van der Waals surface area contributed by atoms with Crippen molar-refractivity contribution >= 4 is 0 Å². The zero-order valence-corrected chi connectivity index (χ0v) is 11.0. The average molecular weight is 258 g/mol. The SMILES string of the molecule is CCCn1ncnc1CNC1COc2ccccc21. The molecule has 0 fully saturated rings. The number of hydrogen-bond acceptors (Lipinski definition) is 4. The molecule has 0 amide bonds. The molecule has 5 heteroatoms. The Kier molecular flexibility index (Phi) is 3.46. The van der Waals surface area contributed by atoms with Crippen LogP contribution in [0.15, 0.2) is 30.6 Å². The lowest BCUT2D eigenvalue weighted by molar-refractivity contribution is 0.308. The number of benzene rings is 1. The van der Waals surface area contributed by atoms with E-state index in [4.69, 9.17) is 4.74 Å². The lowest BCUT2D eigenvalue weighted by Crippen LogP contribution is -2.24. The summed E-state index contributed by atoms with van der Waals surface area (Å²) in [6.07, 6.45) is 2.68. The molecule has 0 bridgehead atoms. The topological polar surface area (TPSA) is 52.0 Å². The summed E-state index contributed by atoms with van der Waals surface area (Å²) in [5.41, 5.74) is 1.23. The predicted octanol–water partition coefficient (Wildman–Crippen LogP) is 1.91. The molecule has 0 spiro atoms. The number of aryl methyl sites for hydroxylation is 1. The Morgan fingerprint density at radius 1 is 1.42 bits per heavy atom. The second-order valence-corrected chi connectivity index (χ2v) is 4.68. The first kappa shape index (κ1) is 12.2. The molecule has 1 unspecified atom stereocenters. The van der Waals surface area contributed by atoms with E-state index in [-0.39, 0.29) is 6.04 Å². The normalized spacial score (nSPS) is 17.2. The highest BCUT2D eigenvalue weighted by Crippen LogP contribution is 2.31. The van der Waals surface area contributed by atoms with E-state index in [1.54, 1.807) is 6.33 Å². The van der Waals surface area contributed by atoms with Gasteiger partial charge in [0.2, 0.25) is 0 Å². The molecular weight excluding hydrogens is 240 g/mol. The third-order valence-electron chi connectivity index (χ3n) is 3.34. The fourth-order valence-corrected chi connectivity index (χ4v) is 2.37. The second kappa shape index (κ2) is 5.40. The molecule has 2 heterocycles. The maximum absolute atomic E-state index is 5.65. The first-order valence-electron chi connectivity index (χ1n) is 6.70. The van der Waals surface area contributed by atoms with Gasteiger partial charge in [0.05, 0.1) is 12.6 Å². The number of aromatic nitrogens is 3. The number of nitrogens with zero attached hydrogens (tertiary/aromatic N) is 3. The van der Waals surface area contributed by atoms with Crippen molar-refractivity contribution in [3.05, 3.63) is 42.0 Å². The minimum atomic E-state index is 0.239. The Hall–Kier alpha value is -1.88. The number of fused-ring (bicyclic) bond motifs is 1. The summed E-state index contributed by atoms with van der Waals surface area (Å²) >= 11 is 0. The molecule has 1 aliphatic rings. The van der Waals surface area contributed by atoms with Crippen molar-refractivity contribution in [1.82, 2.24) is 20.1 Å². The van der Waals surface area contributed by atoms with E-state index >= 15 is 0 Å². The standard InChI is InChI=1S/C14H18N4O/c1-2-7-18-14(16-10-17-18)8-15-12-9-19-13-6-4-3-5-11(12)13/h3-6,10,12,15H,2,7-9H2,1H3. The van der Waals surface area contributed by atoms with E-state index in [1.807, 2.05) is 22.9 Å². The number of para-hydroxylation sites is 1. The summed E-state index contributed by atoms with van der Waals surface area (Å²) in [5, 5.41) is 7.72. The first-order chi connectivity index (χ1) is 9.38. The fourth-order valence-electron chi connectivity index (χ4n) is 2.37. The van der Waals surface area contributed by atoms with Crippen molar-refractivity contribution in [3.63, 3.8) is 0 Å². The molecule has 2 aromatic rings. The monoisotopic (exact) mass is 258 g/mol. The average Bonchev–Trinajstić information content (AvgIpc) is 3.04. The van der Waals surface area contributed by atoms with Gasteiger partial charge in [0.15, 0.2) is 0 Å². The van der Waals surface area contributed by atoms with Crippen molar-refractivity contribution in [3.8, 4) is 5.75 Å². The van der Waals surface area contributed by atoms with E-state index in [0.29, 0.717) is 13.2 Å². The number of ether oxygens (including phenoxy) is 1. The van der Waals surface area contributed by atoms with Crippen molar-refractivity contribution in [1.29, 1.82) is 0 Å². The molecule has 100 valence electrons. The summed E-state index contributed by atoms with van der Waals surface area (Å²) < 4.78 is 7.61. The number of nitrogens with one attached hydrogen (secondary N) is 1. The van der Waals surface area contributed by atoms with Crippen molar-refractivity contribution in [2.24, 2.45) is 0 Å². The zero-order valence-electron chi connectivity index (χ0n) is 11.0. The van der Waals surface area contributed by atoms with Crippen LogP contribution in [0.5, 0.6) is 5.75 Å². The van der Waals surface area contributed by atoms with Crippen LogP contribution in [0, 0.1) is 0 Å². The van der Waals surface area contributed by atoms with Crippen molar-refractivity contribution in [2.75, 3.05) is 6.61 Å². The lowest BCUT2D eigenvalue weighted by atomic mass is 10.1. The van der Waals surface area contributed by atoms with E-state index in [1.165, 1.54) is 5.56 Å². The molecule has 5 nitrogen and oxygen atoms in total. The van der Waals surface area contributed by atoms with Gasteiger partial charge >= 0.3 is 0 Å². The van der Waals surface area contributed by atoms with Crippen LogP contribution < -0.4 is 10.1 Å². The molecule has 3 rings (SSSR count). The predicted molar refractivity (Wildman–Crippen MR) is 71.8 cm³/mol. The zero-order chi connectivity index (χ0) is 13.1. The molecule has 1 N–H and O–H groups in total. The van der Waals surface area contributed by atoms with Gasteiger partial charge in [-0.05, 0) is 12.5 Å². The van der Waals surface area contributed by atoms with Gasteiger partial charge in [0.1, 0.15) is 24.5 Å². The van der Waals surface area contributed by atoms with Gasteiger partial charge in [-0.15, -0.1) is 0 Å². The van der Waals surface area contributed by atoms with E-state index in [2.05, 4.69) is 28.4 Å². The van der Waals surface area contributed by atoms with Crippen LogP contribution in [-0.2, 0) is 13.1 Å². The number of rotatable bonds is 5. The summed E-state index contributed by atoms with van der Waals surface area (Å²) in [5.74, 6) is 1.96. The van der Waals surface area contributed by atoms with Crippen molar-refractivity contribution < 1.29 is 4.74 Å². The molecule has 1 aromatic heterocycles. The molecule has 19 heavy (non-hydrogen) atoms. The Labute approximate surface area is 112 Å². The van der Waals surface area contributed by atoms with Crippen LogP contribution in [0.25, 0.3) is 0 Å². The van der Waals surface area contributed by atoms with Gasteiger partial charge in [-0.25, -0.2) is 9.67 Å². The largest absolute Gasteiger partial charge is 0.491 e. The quantitative estimate of drug-likeness (QED) is 0.890. The molecule has 1 atom stereocenters. The number of hydrogen-bond donors (Lipinski definition) is 1. The fraction of sp³-hybridized carbons (Fsp3) is 0.429. The lowest BCUT2D eigenvalue weighted by Gasteiger charge is -2.11. The Balaban J connectivity index is 1.66. The van der Waals surface area contributed by atoms with Crippen LogP contribution in [0.4, 0.5) is 0 Å². The van der Waals surface area contributed by atoms with Gasteiger partial charge in [0, 0.05) is 12.1 Å². The van der Waals surface area contributed by atoms with Crippen LogP contribution >= 0.6 is 0 Å². The second-order valence-electron chi connectivity index (χ2n) is 4.68. The third-order valence-corrected chi connectivity index (χ3v) is 3.34. The van der Waals surface area contributed by atoms with Gasteiger partial charge < -0.3 is 4.74 Å². The maximum atomic E-state index is 5.65. The van der Waals surface area contributed by atoms with Crippen LogP contribution in [0.3, 0.4) is 0 Å². The highest BCUT2D eigenvalue weighted by molar-refractivity contribution is 5.39. The van der Waals surface area contributed by atoms with Crippen LogP contribution in [0.2, 0.25) is 0 Å². The summed E-state index contributed by atoms with van der Waals surface area (Å²) in [6, 6.07) is 8.40.